The van der Waals surface area contributed by atoms with Crippen molar-refractivity contribution in [3.8, 4) is 5.75 Å². The first-order valence-electron chi connectivity index (χ1n) is 11.9. The molecular weight excluding hydrogens is 444 g/mol. The number of H-pyrrole nitrogens is 1. The van der Waals surface area contributed by atoms with E-state index < -0.39 is 0 Å². The second kappa shape index (κ2) is 9.69. The highest BCUT2D eigenvalue weighted by atomic mass is 16.5. The fourth-order valence-corrected chi connectivity index (χ4v) is 4.45. The molecule has 1 amide bonds. The SMILES string of the molecule is CCOc1ccc(C(=O)N2CCC(c3nc4c(nnn4Cc4ccc(C)cc4)c(=O)[nH]3)CC2)cc1. The van der Waals surface area contributed by atoms with E-state index in [1.807, 2.05) is 55.1 Å². The third kappa shape index (κ3) is 4.80. The molecule has 2 aromatic heterocycles. The van der Waals surface area contributed by atoms with Crippen molar-refractivity contribution < 1.29 is 9.53 Å². The number of piperidine rings is 1. The number of rotatable bonds is 6. The Balaban J connectivity index is 1.30. The van der Waals surface area contributed by atoms with E-state index in [0.29, 0.717) is 43.3 Å². The van der Waals surface area contributed by atoms with Crippen molar-refractivity contribution in [1.82, 2.24) is 29.9 Å². The first-order chi connectivity index (χ1) is 17.0. The quantitative estimate of drug-likeness (QED) is 0.462. The first-order valence-corrected chi connectivity index (χ1v) is 11.9. The van der Waals surface area contributed by atoms with Crippen LogP contribution in [0.4, 0.5) is 0 Å². The normalized spacial score (nSPS) is 14.4. The molecule has 0 bridgehead atoms. The Kier molecular flexibility index (Phi) is 6.31. The maximum atomic E-state index is 12.9. The van der Waals surface area contributed by atoms with Crippen LogP contribution in [-0.4, -0.2) is 55.5 Å². The molecule has 1 saturated heterocycles. The molecule has 0 atom stereocenters. The van der Waals surface area contributed by atoms with Crippen molar-refractivity contribution in [1.29, 1.82) is 0 Å². The van der Waals surface area contributed by atoms with Crippen LogP contribution in [0.3, 0.4) is 0 Å². The maximum Gasteiger partial charge on any atom is 0.281 e. The summed E-state index contributed by atoms with van der Waals surface area (Å²) in [6.45, 7) is 6.24. The van der Waals surface area contributed by atoms with Crippen LogP contribution in [-0.2, 0) is 6.54 Å². The van der Waals surface area contributed by atoms with E-state index in [1.54, 1.807) is 16.8 Å². The molecule has 0 unspecified atom stereocenters. The van der Waals surface area contributed by atoms with E-state index in [4.69, 9.17) is 9.72 Å². The van der Waals surface area contributed by atoms with Gasteiger partial charge in [-0.1, -0.05) is 35.0 Å². The monoisotopic (exact) mass is 472 g/mol. The van der Waals surface area contributed by atoms with Crippen LogP contribution in [0, 0.1) is 6.92 Å². The Morgan fingerprint density at radius 2 is 1.80 bits per heavy atom. The molecule has 35 heavy (non-hydrogen) atoms. The van der Waals surface area contributed by atoms with Gasteiger partial charge in [-0.3, -0.25) is 9.59 Å². The van der Waals surface area contributed by atoms with Gasteiger partial charge < -0.3 is 14.6 Å². The lowest BCUT2D eigenvalue weighted by atomic mass is 9.95. The molecule has 2 aromatic carbocycles. The van der Waals surface area contributed by atoms with Gasteiger partial charge in [0, 0.05) is 24.6 Å². The van der Waals surface area contributed by atoms with E-state index in [-0.39, 0.29) is 22.9 Å². The summed E-state index contributed by atoms with van der Waals surface area (Å²) in [6.07, 6.45) is 1.44. The van der Waals surface area contributed by atoms with E-state index in [2.05, 4.69) is 15.3 Å². The third-order valence-electron chi connectivity index (χ3n) is 6.43. The number of nitrogens with zero attached hydrogens (tertiary/aromatic N) is 5. The van der Waals surface area contributed by atoms with Gasteiger partial charge in [0.2, 0.25) is 0 Å². The van der Waals surface area contributed by atoms with E-state index in [0.717, 1.165) is 24.2 Å². The summed E-state index contributed by atoms with van der Waals surface area (Å²) in [6, 6.07) is 15.4. The van der Waals surface area contributed by atoms with Crippen LogP contribution in [0.2, 0.25) is 0 Å². The molecule has 0 aliphatic carbocycles. The highest BCUT2D eigenvalue weighted by Crippen LogP contribution is 2.27. The van der Waals surface area contributed by atoms with Crippen LogP contribution in [0.25, 0.3) is 11.2 Å². The Bertz CT molecular complexity index is 1380. The molecule has 9 nitrogen and oxygen atoms in total. The van der Waals surface area contributed by atoms with Crippen LogP contribution in [0.1, 0.15) is 53.0 Å². The predicted octanol–water partition coefficient (Wildman–Crippen LogP) is 3.29. The molecular formula is C26H28N6O3. The molecule has 9 heteroatoms. The molecule has 1 aliphatic rings. The lowest BCUT2D eigenvalue weighted by molar-refractivity contribution is 0.0711. The topological polar surface area (TPSA) is 106 Å². The van der Waals surface area contributed by atoms with E-state index in [9.17, 15) is 9.59 Å². The summed E-state index contributed by atoms with van der Waals surface area (Å²) in [5, 5.41) is 8.22. The maximum absolute atomic E-state index is 12.9. The Morgan fingerprint density at radius 1 is 1.09 bits per heavy atom. The number of hydrogen-bond donors (Lipinski definition) is 1. The number of aromatic amines is 1. The molecule has 3 heterocycles. The number of benzene rings is 2. The minimum absolute atomic E-state index is 0.00350. The van der Waals surface area contributed by atoms with Crippen molar-refractivity contribution in [3.05, 3.63) is 81.4 Å². The van der Waals surface area contributed by atoms with Gasteiger partial charge in [-0.05, 0) is 56.5 Å². The number of hydrogen-bond acceptors (Lipinski definition) is 6. The van der Waals surface area contributed by atoms with Crippen molar-refractivity contribution in [3.63, 3.8) is 0 Å². The minimum atomic E-state index is -0.284. The van der Waals surface area contributed by atoms with Crippen molar-refractivity contribution >= 4 is 17.1 Å². The number of carbonyl (C=O) groups excluding carboxylic acids is 1. The lowest BCUT2D eigenvalue weighted by Gasteiger charge is -2.31. The number of fused-ring (bicyclic) bond motifs is 1. The van der Waals surface area contributed by atoms with Gasteiger partial charge in [-0.15, -0.1) is 5.10 Å². The molecule has 0 saturated carbocycles. The van der Waals surface area contributed by atoms with Gasteiger partial charge in [-0.2, -0.15) is 0 Å². The van der Waals surface area contributed by atoms with Gasteiger partial charge in [0.25, 0.3) is 11.5 Å². The first kappa shape index (κ1) is 22.8. The van der Waals surface area contributed by atoms with Gasteiger partial charge in [0.1, 0.15) is 11.6 Å². The summed E-state index contributed by atoms with van der Waals surface area (Å²) in [4.78, 5) is 35.1. The fraction of sp³-hybridized carbons (Fsp3) is 0.346. The average Bonchev–Trinajstić information content (AvgIpc) is 3.29. The molecule has 1 aliphatic heterocycles. The third-order valence-corrected chi connectivity index (χ3v) is 6.43. The molecule has 4 aromatic rings. The second-order valence-corrected chi connectivity index (χ2v) is 8.88. The van der Waals surface area contributed by atoms with Gasteiger partial charge >= 0.3 is 0 Å². The highest BCUT2D eigenvalue weighted by molar-refractivity contribution is 5.94. The summed E-state index contributed by atoms with van der Waals surface area (Å²) >= 11 is 0. The molecule has 5 rings (SSSR count). The number of aromatic nitrogens is 5. The van der Waals surface area contributed by atoms with Crippen molar-refractivity contribution in [2.45, 2.75) is 39.2 Å². The lowest BCUT2D eigenvalue weighted by Crippen LogP contribution is -2.38. The van der Waals surface area contributed by atoms with Gasteiger partial charge in [0.05, 0.1) is 13.2 Å². The summed E-state index contributed by atoms with van der Waals surface area (Å²) < 4.78 is 7.13. The summed E-state index contributed by atoms with van der Waals surface area (Å²) in [5.41, 5.74) is 3.33. The van der Waals surface area contributed by atoms with Crippen LogP contribution in [0.15, 0.2) is 53.3 Å². The van der Waals surface area contributed by atoms with Crippen molar-refractivity contribution in [2.75, 3.05) is 19.7 Å². The van der Waals surface area contributed by atoms with E-state index in [1.165, 1.54) is 5.56 Å². The molecule has 0 spiro atoms. The molecule has 1 N–H and O–H groups in total. The predicted molar refractivity (Wildman–Crippen MR) is 132 cm³/mol. The van der Waals surface area contributed by atoms with Crippen LogP contribution >= 0.6 is 0 Å². The fourth-order valence-electron chi connectivity index (χ4n) is 4.45. The van der Waals surface area contributed by atoms with Gasteiger partial charge in [0.15, 0.2) is 11.2 Å². The van der Waals surface area contributed by atoms with Crippen LogP contribution < -0.4 is 10.3 Å². The molecule has 1 fully saturated rings. The highest BCUT2D eigenvalue weighted by Gasteiger charge is 2.27. The Morgan fingerprint density at radius 3 is 2.49 bits per heavy atom. The Hall–Kier alpha value is -4.01. The zero-order chi connectivity index (χ0) is 24.4. The number of likely N-dealkylation sites (tertiary alicyclic amines) is 1. The van der Waals surface area contributed by atoms with E-state index >= 15 is 0 Å². The summed E-state index contributed by atoms with van der Waals surface area (Å²) in [7, 11) is 0. The standard InChI is InChI=1S/C26H28N6O3/c1-3-35-21-10-8-20(9-11-21)26(34)31-14-12-19(13-15-31)23-27-24-22(25(33)28-23)29-30-32(24)16-18-6-4-17(2)5-7-18/h4-11,19H,3,12-16H2,1-2H3,(H,27,28,33). The number of amides is 1. The smallest absolute Gasteiger partial charge is 0.281 e. The second-order valence-electron chi connectivity index (χ2n) is 8.88. The zero-order valence-electron chi connectivity index (χ0n) is 19.9. The minimum Gasteiger partial charge on any atom is -0.494 e. The average molecular weight is 473 g/mol. The van der Waals surface area contributed by atoms with Gasteiger partial charge in [-0.25, -0.2) is 9.67 Å². The summed E-state index contributed by atoms with van der Waals surface area (Å²) in [5.74, 6) is 1.44. The Labute approximate surface area is 202 Å². The van der Waals surface area contributed by atoms with Crippen LogP contribution in [0.5, 0.6) is 5.75 Å². The number of ether oxygens (including phenoxy) is 1. The number of nitrogens with one attached hydrogen (secondary N) is 1. The largest absolute Gasteiger partial charge is 0.494 e. The number of aryl methyl sites for hydroxylation is 1. The number of carbonyl (C=O) groups is 1. The molecule has 180 valence electrons. The zero-order valence-corrected chi connectivity index (χ0v) is 19.9. The molecule has 0 radical (unpaired) electrons. The van der Waals surface area contributed by atoms with Crippen molar-refractivity contribution in [2.24, 2.45) is 0 Å².